The Bertz CT molecular complexity index is 551. The lowest BCUT2D eigenvalue weighted by Gasteiger charge is -2.39. The molecule has 1 aliphatic heterocycles. The van der Waals surface area contributed by atoms with Gasteiger partial charge in [0, 0.05) is 5.56 Å². The minimum atomic E-state index is -0.427. The number of benzene rings is 1. The Morgan fingerprint density at radius 2 is 1.58 bits per heavy atom. The molecule has 0 saturated carbocycles. The molecular weight excluding hydrogens is 308 g/mol. The van der Waals surface area contributed by atoms with Gasteiger partial charge in [-0.1, -0.05) is 24.0 Å². The van der Waals surface area contributed by atoms with Gasteiger partial charge >= 0.3 is 0 Å². The molecule has 0 radical (unpaired) electrons. The number of ether oxygens (including phenoxy) is 5. The predicted octanol–water partition coefficient (Wildman–Crippen LogP) is 2.03. The summed E-state index contributed by atoms with van der Waals surface area (Å²) in [6, 6.07) is 7.58. The lowest BCUT2D eigenvalue weighted by Crippen LogP contribution is -2.46. The van der Waals surface area contributed by atoms with E-state index in [1.807, 2.05) is 24.3 Å². The molecule has 128 valence electrons. The predicted molar refractivity (Wildman–Crippen MR) is 89.4 cm³/mol. The summed E-state index contributed by atoms with van der Waals surface area (Å²) in [5.41, 5.74) is 0.509. The number of methoxy groups -OCH3 is 1. The van der Waals surface area contributed by atoms with E-state index < -0.39 is 11.7 Å². The van der Waals surface area contributed by atoms with Gasteiger partial charge in [0.1, 0.15) is 19.0 Å². The minimum absolute atomic E-state index is 0.235. The van der Waals surface area contributed by atoms with Crippen LogP contribution in [0.5, 0.6) is 5.75 Å². The van der Waals surface area contributed by atoms with Gasteiger partial charge in [-0.05, 0) is 12.1 Å². The van der Waals surface area contributed by atoms with Crippen molar-refractivity contribution in [1.82, 2.24) is 0 Å². The minimum Gasteiger partial charge on any atom is -0.497 e. The molecule has 0 atom stereocenters. The first-order valence-electron chi connectivity index (χ1n) is 7.62. The Balaban J connectivity index is 1.95. The van der Waals surface area contributed by atoms with Gasteiger partial charge in [-0.25, -0.2) is 0 Å². The summed E-state index contributed by atoms with van der Waals surface area (Å²) in [7, 11) is 1.63. The quantitative estimate of drug-likeness (QED) is 0.539. The standard InChI is InChI=1S/C19H22O5/c1-4-10-21-12-19(13-22-11-5-2)14-23-18(24-15-19)16-6-8-17(20-3)9-7-16/h1-2,6-9,18H,10-15H2,3H3. The third-order valence-corrected chi connectivity index (χ3v) is 3.66. The largest absolute Gasteiger partial charge is 0.497 e. The molecule has 0 spiro atoms. The Labute approximate surface area is 143 Å². The number of hydrogen-bond donors (Lipinski definition) is 0. The molecule has 0 N–H and O–H groups in total. The van der Waals surface area contributed by atoms with E-state index in [2.05, 4.69) is 11.8 Å². The molecule has 1 heterocycles. The second kappa shape index (κ2) is 9.32. The van der Waals surface area contributed by atoms with E-state index in [1.165, 1.54) is 0 Å². The van der Waals surface area contributed by atoms with Crippen LogP contribution in [0, 0.1) is 30.1 Å². The zero-order valence-electron chi connectivity index (χ0n) is 13.8. The Morgan fingerprint density at radius 3 is 2.04 bits per heavy atom. The molecule has 1 saturated heterocycles. The van der Waals surface area contributed by atoms with E-state index in [0.29, 0.717) is 26.4 Å². The summed E-state index contributed by atoms with van der Waals surface area (Å²) in [5.74, 6) is 5.68. The van der Waals surface area contributed by atoms with Crippen LogP contribution in [-0.4, -0.2) is 46.8 Å². The van der Waals surface area contributed by atoms with Crippen molar-refractivity contribution in [2.45, 2.75) is 6.29 Å². The second-order valence-corrected chi connectivity index (χ2v) is 5.62. The second-order valence-electron chi connectivity index (χ2n) is 5.62. The monoisotopic (exact) mass is 330 g/mol. The van der Waals surface area contributed by atoms with E-state index >= 15 is 0 Å². The van der Waals surface area contributed by atoms with Gasteiger partial charge in [0.05, 0.1) is 39.0 Å². The highest BCUT2D eigenvalue weighted by atomic mass is 16.7. The van der Waals surface area contributed by atoms with Gasteiger partial charge < -0.3 is 23.7 Å². The van der Waals surface area contributed by atoms with Crippen LogP contribution in [0.1, 0.15) is 11.9 Å². The first-order valence-corrected chi connectivity index (χ1v) is 7.62. The average molecular weight is 330 g/mol. The van der Waals surface area contributed by atoms with Crippen LogP contribution in [-0.2, 0) is 18.9 Å². The summed E-state index contributed by atoms with van der Waals surface area (Å²) >= 11 is 0. The van der Waals surface area contributed by atoms with E-state index in [-0.39, 0.29) is 13.2 Å². The van der Waals surface area contributed by atoms with Crippen LogP contribution >= 0.6 is 0 Å². The fourth-order valence-corrected chi connectivity index (χ4v) is 2.41. The van der Waals surface area contributed by atoms with Crippen LogP contribution in [0.25, 0.3) is 0 Å². The van der Waals surface area contributed by atoms with Crippen molar-refractivity contribution >= 4 is 0 Å². The first kappa shape index (κ1) is 18.3. The molecular formula is C19H22O5. The molecule has 0 aromatic heterocycles. The highest BCUT2D eigenvalue weighted by Crippen LogP contribution is 2.33. The molecule has 0 aliphatic carbocycles. The van der Waals surface area contributed by atoms with Gasteiger partial charge in [0.15, 0.2) is 6.29 Å². The maximum Gasteiger partial charge on any atom is 0.183 e. The molecule has 1 aromatic carbocycles. The summed E-state index contributed by atoms with van der Waals surface area (Å²) in [5, 5.41) is 0. The fraction of sp³-hybridized carbons (Fsp3) is 0.474. The molecule has 0 bridgehead atoms. The molecule has 1 fully saturated rings. The van der Waals surface area contributed by atoms with E-state index in [1.54, 1.807) is 7.11 Å². The first-order chi connectivity index (χ1) is 11.7. The van der Waals surface area contributed by atoms with Gasteiger partial charge in [0.2, 0.25) is 0 Å². The zero-order chi connectivity index (χ0) is 17.3. The molecule has 0 amide bonds. The highest BCUT2D eigenvalue weighted by Gasteiger charge is 2.38. The number of terminal acetylenes is 2. The highest BCUT2D eigenvalue weighted by molar-refractivity contribution is 5.28. The summed E-state index contributed by atoms with van der Waals surface area (Å²) in [6.45, 7) is 2.10. The van der Waals surface area contributed by atoms with Gasteiger partial charge in [0.25, 0.3) is 0 Å². The zero-order valence-corrected chi connectivity index (χ0v) is 13.8. The van der Waals surface area contributed by atoms with Crippen LogP contribution in [0.4, 0.5) is 0 Å². The maximum atomic E-state index is 5.89. The maximum absolute atomic E-state index is 5.89. The van der Waals surface area contributed by atoms with Crippen LogP contribution in [0.3, 0.4) is 0 Å². The number of hydrogen-bond acceptors (Lipinski definition) is 5. The SMILES string of the molecule is C#CCOCC1(COCC#C)COC(c2ccc(OC)cc2)OC1. The molecule has 5 nitrogen and oxygen atoms in total. The van der Waals surface area contributed by atoms with Crippen molar-refractivity contribution in [3.8, 4) is 30.4 Å². The Morgan fingerprint density at radius 1 is 1.04 bits per heavy atom. The van der Waals surface area contributed by atoms with Crippen molar-refractivity contribution in [3.05, 3.63) is 29.8 Å². The van der Waals surface area contributed by atoms with Gasteiger partial charge in [-0.15, -0.1) is 12.8 Å². The molecule has 24 heavy (non-hydrogen) atoms. The topological polar surface area (TPSA) is 46.2 Å². The van der Waals surface area contributed by atoms with E-state index in [0.717, 1.165) is 11.3 Å². The van der Waals surface area contributed by atoms with Crippen molar-refractivity contribution in [2.75, 3.05) is 46.8 Å². The van der Waals surface area contributed by atoms with Gasteiger partial charge in [-0.3, -0.25) is 0 Å². The fourth-order valence-electron chi connectivity index (χ4n) is 2.41. The van der Waals surface area contributed by atoms with E-state index in [4.69, 9.17) is 36.5 Å². The lowest BCUT2D eigenvalue weighted by atomic mass is 9.91. The molecule has 5 heteroatoms. The molecule has 0 unspecified atom stereocenters. The van der Waals surface area contributed by atoms with Crippen LogP contribution < -0.4 is 4.74 Å². The average Bonchev–Trinajstić information content (AvgIpc) is 2.63. The third-order valence-electron chi connectivity index (χ3n) is 3.66. The normalized spacial score (nSPS) is 17.0. The lowest BCUT2D eigenvalue weighted by molar-refractivity contribution is -0.253. The smallest absolute Gasteiger partial charge is 0.183 e. The molecule has 1 aromatic rings. The van der Waals surface area contributed by atoms with E-state index in [9.17, 15) is 0 Å². The summed E-state index contributed by atoms with van der Waals surface area (Å²) in [6.07, 6.45) is 10.0. The Hall–Kier alpha value is -2.02. The van der Waals surface area contributed by atoms with Crippen molar-refractivity contribution in [2.24, 2.45) is 5.41 Å². The van der Waals surface area contributed by atoms with Gasteiger partial charge in [-0.2, -0.15) is 0 Å². The summed E-state index contributed by atoms with van der Waals surface area (Å²) < 4.78 is 27.9. The number of rotatable bonds is 8. The van der Waals surface area contributed by atoms with Crippen LogP contribution in [0.15, 0.2) is 24.3 Å². The van der Waals surface area contributed by atoms with Crippen LogP contribution in [0.2, 0.25) is 0 Å². The van der Waals surface area contributed by atoms with Crippen molar-refractivity contribution in [1.29, 1.82) is 0 Å². The Kier molecular flexibility index (Phi) is 7.11. The van der Waals surface area contributed by atoms with Crippen molar-refractivity contribution < 1.29 is 23.7 Å². The third kappa shape index (κ3) is 4.99. The molecule has 1 aliphatic rings. The summed E-state index contributed by atoms with van der Waals surface area (Å²) in [4.78, 5) is 0. The van der Waals surface area contributed by atoms with Crippen molar-refractivity contribution in [3.63, 3.8) is 0 Å². The molecule has 2 rings (SSSR count).